The Kier molecular flexibility index (Phi) is 8.54. The molecule has 32 heavy (non-hydrogen) atoms. The summed E-state index contributed by atoms with van der Waals surface area (Å²) in [6, 6.07) is 0.940. The van der Waals surface area contributed by atoms with Gasteiger partial charge in [-0.3, -0.25) is 14.5 Å². The zero-order valence-electron chi connectivity index (χ0n) is 20.8. The molecule has 2 saturated heterocycles. The first-order valence-electron chi connectivity index (χ1n) is 12.6. The first-order chi connectivity index (χ1) is 15.0. The van der Waals surface area contributed by atoms with Crippen LogP contribution >= 0.6 is 11.6 Å². The molecule has 2 heterocycles. The van der Waals surface area contributed by atoms with E-state index in [9.17, 15) is 9.59 Å². The van der Waals surface area contributed by atoms with Gasteiger partial charge in [0.1, 0.15) is 0 Å². The van der Waals surface area contributed by atoms with Crippen LogP contribution in [0.2, 0.25) is 0 Å². The van der Waals surface area contributed by atoms with Crippen LogP contribution in [0.3, 0.4) is 0 Å². The summed E-state index contributed by atoms with van der Waals surface area (Å²) in [5.74, 6) is 0.306. The lowest BCUT2D eigenvalue weighted by Crippen LogP contribution is -2.57. The highest BCUT2D eigenvalue weighted by Gasteiger charge is 2.44. The average Bonchev–Trinajstić information content (AvgIpc) is 2.69. The lowest BCUT2D eigenvalue weighted by Gasteiger charge is -2.49. The number of carbonyl (C=O) groups excluding carboxylic acids is 2. The summed E-state index contributed by atoms with van der Waals surface area (Å²) in [5, 5.41) is 6.14. The number of ether oxygens (including phenoxy) is 1. The van der Waals surface area contributed by atoms with E-state index in [1.165, 1.54) is 0 Å². The second kappa shape index (κ2) is 10.6. The van der Waals surface area contributed by atoms with Gasteiger partial charge in [0.2, 0.25) is 11.8 Å². The van der Waals surface area contributed by atoms with Crippen molar-refractivity contribution in [3.63, 3.8) is 0 Å². The van der Waals surface area contributed by atoms with Gasteiger partial charge in [0.15, 0.2) is 0 Å². The standard InChI is InChI=1S/C25H44ClN3O3/c1-7-29(19-8-9-32-25(5,6)13-19)22-12-18(26)11-20(17(22)4)23(30)27-14-21-15(2)10-16(3)28-24(21)31/h15-22H,7-14H2,1-6H3,(H,27,30)(H,28,31). The van der Waals surface area contributed by atoms with E-state index in [4.69, 9.17) is 16.3 Å². The lowest BCUT2D eigenvalue weighted by atomic mass is 9.74. The molecule has 184 valence electrons. The molecule has 3 fully saturated rings. The van der Waals surface area contributed by atoms with Crippen molar-refractivity contribution in [2.24, 2.45) is 23.7 Å². The van der Waals surface area contributed by atoms with E-state index < -0.39 is 0 Å². The summed E-state index contributed by atoms with van der Waals surface area (Å²) in [6.07, 6.45) is 4.59. The molecule has 8 unspecified atom stereocenters. The minimum absolute atomic E-state index is 0.00777. The maximum absolute atomic E-state index is 13.3. The van der Waals surface area contributed by atoms with Gasteiger partial charge in [-0.05, 0) is 71.3 Å². The van der Waals surface area contributed by atoms with E-state index in [1.807, 2.05) is 6.92 Å². The van der Waals surface area contributed by atoms with E-state index in [-0.39, 0.29) is 58.5 Å². The minimum atomic E-state index is -0.159. The maximum atomic E-state index is 13.3. The molecule has 1 aliphatic carbocycles. The molecule has 0 aromatic heterocycles. The smallest absolute Gasteiger partial charge is 0.225 e. The van der Waals surface area contributed by atoms with Gasteiger partial charge in [-0.2, -0.15) is 0 Å². The maximum Gasteiger partial charge on any atom is 0.225 e. The van der Waals surface area contributed by atoms with Crippen molar-refractivity contribution in [3.05, 3.63) is 0 Å². The number of hydrogen-bond donors (Lipinski definition) is 2. The predicted octanol–water partition coefficient (Wildman–Crippen LogP) is 3.56. The summed E-state index contributed by atoms with van der Waals surface area (Å²) in [6.45, 7) is 15.0. The highest BCUT2D eigenvalue weighted by Crippen LogP contribution is 2.39. The lowest BCUT2D eigenvalue weighted by molar-refractivity contribution is -0.133. The second-order valence-electron chi connectivity index (χ2n) is 11.2. The number of amides is 2. The molecule has 2 amide bonds. The zero-order chi connectivity index (χ0) is 23.6. The fourth-order valence-corrected chi connectivity index (χ4v) is 6.76. The molecule has 0 radical (unpaired) electrons. The number of piperidine rings is 1. The second-order valence-corrected chi connectivity index (χ2v) is 11.8. The van der Waals surface area contributed by atoms with Crippen molar-refractivity contribution in [3.8, 4) is 0 Å². The summed E-state index contributed by atoms with van der Waals surface area (Å²) in [7, 11) is 0. The van der Waals surface area contributed by atoms with Crippen LogP contribution in [-0.2, 0) is 14.3 Å². The van der Waals surface area contributed by atoms with Gasteiger partial charge in [-0.15, -0.1) is 11.6 Å². The van der Waals surface area contributed by atoms with Gasteiger partial charge in [0.25, 0.3) is 0 Å². The van der Waals surface area contributed by atoms with Crippen LogP contribution in [0, 0.1) is 23.7 Å². The fraction of sp³-hybridized carbons (Fsp3) is 0.920. The Morgan fingerprint density at radius 1 is 1.25 bits per heavy atom. The molecule has 7 heteroatoms. The Labute approximate surface area is 199 Å². The quantitative estimate of drug-likeness (QED) is 0.583. The number of rotatable bonds is 6. The van der Waals surface area contributed by atoms with Gasteiger partial charge in [0, 0.05) is 42.6 Å². The van der Waals surface area contributed by atoms with Gasteiger partial charge in [-0.1, -0.05) is 20.8 Å². The third-order valence-electron chi connectivity index (χ3n) is 8.15. The number of alkyl halides is 1. The Morgan fingerprint density at radius 3 is 2.59 bits per heavy atom. The third kappa shape index (κ3) is 5.98. The molecular weight excluding hydrogens is 426 g/mol. The Morgan fingerprint density at radius 2 is 1.97 bits per heavy atom. The molecule has 3 aliphatic rings. The van der Waals surface area contributed by atoms with Crippen molar-refractivity contribution in [1.29, 1.82) is 0 Å². The SMILES string of the molecule is CCN(C1CCOC(C)(C)C1)C1CC(Cl)CC(C(=O)NCC2C(=O)NC(C)CC2C)C1C. The highest BCUT2D eigenvalue weighted by molar-refractivity contribution is 6.20. The molecular formula is C25H44ClN3O3. The van der Waals surface area contributed by atoms with Crippen molar-refractivity contribution < 1.29 is 14.3 Å². The van der Waals surface area contributed by atoms with Crippen molar-refractivity contribution in [2.45, 2.75) is 103 Å². The van der Waals surface area contributed by atoms with Crippen LogP contribution in [0.25, 0.3) is 0 Å². The molecule has 8 atom stereocenters. The summed E-state index contributed by atoms with van der Waals surface area (Å²) >= 11 is 6.73. The molecule has 0 aromatic rings. The molecule has 2 N–H and O–H groups in total. The molecule has 2 aliphatic heterocycles. The number of carbonyl (C=O) groups is 2. The van der Waals surface area contributed by atoms with Crippen LogP contribution in [0.5, 0.6) is 0 Å². The van der Waals surface area contributed by atoms with E-state index in [0.717, 1.165) is 38.8 Å². The van der Waals surface area contributed by atoms with Crippen LogP contribution in [-0.4, -0.2) is 65.5 Å². The van der Waals surface area contributed by atoms with E-state index >= 15 is 0 Å². The van der Waals surface area contributed by atoms with Crippen molar-refractivity contribution >= 4 is 23.4 Å². The third-order valence-corrected chi connectivity index (χ3v) is 8.51. The number of halogens is 1. The summed E-state index contributed by atoms with van der Waals surface area (Å²) < 4.78 is 5.95. The Balaban J connectivity index is 1.65. The molecule has 0 bridgehead atoms. The highest BCUT2D eigenvalue weighted by atomic mass is 35.5. The van der Waals surface area contributed by atoms with Gasteiger partial charge >= 0.3 is 0 Å². The zero-order valence-corrected chi connectivity index (χ0v) is 21.6. The van der Waals surface area contributed by atoms with Gasteiger partial charge in [0.05, 0.1) is 11.5 Å². The molecule has 3 rings (SSSR count). The average molecular weight is 470 g/mol. The summed E-state index contributed by atoms with van der Waals surface area (Å²) in [5.41, 5.74) is -0.111. The molecule has 0 spiro atoms. The fourth-order valence-electron chi connectivity index (χ4n) is 6.39. The van der Waals surface area contributed by atoms with Crippen LogP contribution in [0.4, 0.5) is 0 Å². The largest absolute Gasteiger partial charge is 0.375 e. The Hall–Kier alpha value is -0.850. The Bertz CT molecular complexity index is 673. The monoisotopic (exact) mass is 469 g/mol. The normalized spacial score (nSPS) is 40.1. The van der Waals surface area contributed by atoms with Crippen LogP contribution in [0.15, 0.2) is 0 Å². The van der Waals surface area contributed by atoms with Crippen molar-refractivity contribution in [1.82, 2.24) is 15.5 Å². The van der Waals surface area contributed by atoms with Gasteiger partial charge < -0.3 is 15.4 Å². The number of nitrogens with one attached hydrogen (secondary N) is 2. The molecule has 0 aromatic carbocycles. The van der Waals surface area contributed by atoms with Crippen LogP contribution in [0.1, 0.15) is 73.6 Å². The van der Waals surface area contributed by atoms with E-state index in [0.29, 0.717) is 19.0 Å². The topological polar surface area (TPSA) is 70.7 Å². The van der Waals surface area contributed by atoms with Crippen molar-refractivity contribution in [2.75, 3.05) is 19.7 Å². The molecule has 1 saturated carbocycles. The first-order valence-corrected chi connectivity index (χ1v) is 13.1. The first kappa shape index (κ1) is 25.8. The van der Waals surface area contributed by atoms with Crippen LogP contribution < -0.4 is 10.6 Å². The number of nitrogens with zero attached hydrogens (tertiary/aromatic N) is 1. The minimum Gasteiger partial charge on any atom is -0.375 e. The van der Waals surface area contributed by atoms with E-state index in [1.54, 1.807) is 0 Å². The summed E-state index contributed by atoms with van der Waals surface area (Å²) in [4.78, 5) is 28.3. The predicted molar refractivity (Wildman–Crippen MR) is 129 cm³/mol. The molecule has 6 nitrogen and oxygen atoms in total. The van der Waals surface area contributed by atoms with Gasteiger partial charge in [-0.25, -0.2) is 0 Å². The van der Waals surface area contributed by atoms with E-state index in [2.05, 4.69) is 50.2 Å². The number of hydrogen-bond acceptors (Lipinski definition) is 4.